The lowest BCUT2D eigenvalue weighted by Gasteiger charge is -2.13. The summed E-state index contributed by atoms with van der Waals surface area (Å²) in [6.07, 6.45) is 0.645. The molecule has 0 aliphatic rings. The van der Waals surface area contributed by atoms with E-state index in [0.29, 0.717) is 17.5 Å². The molecular formula is C27H23ClN4O4. The van der Waals surface area contributed by atoms with Crippen molar-refractivity contribution in [2.45, 2.75) is 26.3 Å². The topological polar surface area (TPSA) is 106 Å². The number of amides is 1. The van der Waals surface area contributed by atoms with E-state index >= 15 is 0 Å². The summed E-state index contributed by atoms with van der Waals surface area (Å²) in [6.45, 7) is 1.89. The summed E-state index contributed by atoms with van der Waals surface area (Å²) in [5.74, 6) is 5.39. The molecule has 182 valence electrons. The molecule has 0 aliphatic carbocycles. The molecule has 0 radical (unpaired) electrons. The van der Waals surface area contributed by atoms with Crippen molar-refractivity contribution in [2.24, 2.45) is 7.05 Å². The first-order valence-corrected chi connectivity index (χ1v) is 11.5. The number of aromatic hydroxyl groups is 1. The van der Waals surface area contributed by atoms with E-state index in [1.165, 1.54) is 13.1 Å². The molecule has 4 aromatic rings. The lowest BCUT2D eigenvalue weighted by Crippen LogP contribution is -2.40. The Kier molecular flexibility index (Phi) is 7.23. The van der Waals surface area contributed by atoms with Gasteiger partial charge < -0.3 is 10.4 Å². The molecule has 0 fully saturated rings. The lowest BCUT2D eigenvalue weighted by atomic mass is 10.1. The fraction of sp³-hybridized carbons (Fsp3) is 0.185. The van der Waals surface area contributed by atoms with Crippen molar-refractivity contribution in [3.8, 4) is 17.7 Å². The number of aromatic nitrogens is 3. The predicted octanol–water partition coefficient (Wildman–Crippen LogP) is 3.39. The largest absolute Gasteiger partial charge is 0.493 e. The van der Waals surface area contributed by atoms with Crippen LogP contribution in [0.2, 0.25) is 5.15 Å². The summed E-state index contributed by atoms with van der Waals surface area (Å²) in [7, 11) is 1.32. The maximum atomic E-state index is 12.7. The first-order chi connectivity index (χ1) is 17.2. The molecular weight excluding hydrogens is 480 g/mol. The van der Waals surface area contributed by atoms with Crippen LogP contribution >= 0.6 is 11.6 Å². The number of anilines is 1. The van der Waals surface area contributed by atoms with Crippen LogP contribution in [0.5, 0.6) is 5.88 Å². The molecule has 9 heteroatoms. The molecule has 2 heterocycles. The quantitative estimate of drug-likeness (QED) is 0.321. The van der Waals surface area contributed by atoms with Gasteiger partial charge in [0.2, 0.25) is 11.8 Å². The lowest BCUT2D eigenvalue weighted by molar-refractivity contribution is -0.116. The minimum absolute atomic E-state index is 0.0666. The van der Waals surface area contributed by atoms with Gasteiger partial charge in [-0.3, -0.25) is 18.7 Å². The zero-order valence-electron chi connectivity index (χ0n) is 19.7. The number of carbonyl (C=O) groups excluding carboxylic acids is 1. The summed E-state index contributed by atoms with van der Waals surface area (Å²) in [6, 6.07) is 16.3. The Labute approximate surface area is 211 Å². The fourth-order valence-electron chi connectivity index (χ4n) is 3.61. The van der Waals surface area contributed by atoms with Gasteiger partial charge >= 0.3 is 5.69 Å². The van der Waals surface area contributed by atoms with E-state index < -0.39 is 11.2 Å². The molecule has 0 unspecified atom stereocenters. The number of nitrogens with zero attached hydrogens (tertiary/aromatic N) is 3. The Morgan fingerprint density at radius 1 is 1.11 bits per heavy atom. The molecule has 36 heavy (non-hydrogen) atoms. The van der Waals surface area contributed by atoms with E-state index in [9.17, 15) is 19.5 Å². The van der Waals surface area contributed by atoms with Gasteiger partial charge in [0.15, 0.2) is 0 Å². The zero-order chi connectivity index (χ0) is 25.8. The van der Waals surface area contributed by atoms with Crippen LogP contribution in [-0.2, 0) is 24.8 Å². The van der Waals surface area contributed by atoms with Crippen molar-refractivity contribution in [1.29, 1.82) is 0 Å². The Morgan fingerprint density at radius 3 is 2.61 bits per heavy atom. The molecule has 8 nitrogen and oxygen atoms in total. The third-order valence-electron chi connectivity index (χ3n) is 5.65. The zero-order valence-corrected chi connectivity index (χ0v) is 20.5. The van der Waals surface area contributed by atoms with E-state index in [2.05, 4.69) is 22.1 Å². The number of halogens is 1. The Balaban J connectivity index is 1.53. The van der Waals surface area contributed by atoms with Gasteiger partial charge in [-0.1, -0.05) is 53.3 Å². The van der Waals surface area contributed by atoms with Crippen LogP contribution in [0.15, 0.2) is 64.2 Å². The van der Waals surface area contributed by atoms with Crippen molar-refractivity contribution in [1.82, 2.24) is 14.1 Å². The normalized spacial score (nSPS) is 10.6. The number of rotatable bonds is 5. The standard InChI is InChI=1S/C27H23ClN4O4/c1-17-5-7-18(8-6-17)10-13-23(34)30-24-25(28)32(27(36)31(2)26(24)35)15-3-4-19-9-12-21-20(16-19)11-14-22(33)29-21/h5-9,11-12,14,16H,10,13,15H2,1-2H3,(H,29,33)(H,30,34). The van der Waals surface area contributed by atoms with Crippen LogP contribution in [0.3, 0.4) is 0 Å². The van der Waals surface area contributed by atoms with Gasteiger partial charge in [0.05, 0.1) is 12.1 Å². The number of carbonyl (C=O) groups is 1. The second-order valence-electron chi connectivity index (χ2n) is 8.31. The van der Waals surface area contributed by atoms with Crippen LogP contribution in [-0.4, -0.2) is 25.1 Å². The number of benzene rings is 2. The van der Waals surface area contributed by atoms with Crippen LogP contribution in [0.1, 0.15) is 23.1 Å². The predicted molar refractivity (Wildman–Crippen MR) is 139 cm³/mol. The van der Waals surface area contributed by atoms with Crippen molar-refractivity contribution < 1.29 is 9.90 Å². The molecule has 2 N–H and O–H groups in total. The molecule has 0 bridgehead atoms. The number of hydrogen-bond acceptors (Lipinski definition) is 5. The van der Waals surface area contributed by atoms with Crippen LogP contribution < -0.4 is 16.6 Å². The minimum atomic E-state index is -0.692. The highest BCUT2D eigenvalue weighted by atomic mass is 35.5. The van der Waals surface area contributed by atoms with E-state index in [-0.39, 0.29) is 35.6 Å². The number of fused-ring (bicyclic) bond motifs is 1. The Morgan fingerprint density at radius 2 is 1.86 bits per heavy atom. The average Bonchev–Trinajstić information content (AvgIpc) is 2.87. The van der Waals surface area contributed by atoms with Crippen molar-refractivity contribution >= 4 is 34.1 Å². The Bertz CT molecular complexity index is 1640. The molecule has 2 aromatic carbocycles. The third-order valence-corrected chi connectivity index (χ3v) is 6.04. The Hall–Kier alpha value is -4.35. The maximum Gasteiger partial charge on any atom is 0.332 e. The second-order valence-corrected chi connectivity index (χ2v) is 8.67. The average molecular weight is 503 g/mol. The van der Waals surface area contributed by atoms with Crippen molar-refractivity contribution in [3.05, 3.63) is 97.3 Å². The van der Waals surface area contributed by atoms with Crippen LogP contribution in [0.25, 0.3) is 10.9 Å². The first-order valence-electron chi connectivity index (χ1n) is 11.2. The third kappa shape index (κ3) is 5.48. The monoisotopic (exact) mass is 502 g/mol. The first kappa shape index (κ1) is 24.8. The van der Waals surface area contributed by atoms with Gasteiger partial charge in [-0.15, -0.1) is 0 Å². The molecule has 4 rings (SSSR count). The van der Waals surface area contributed by atoms with Gasteiger partial charge in [-0.05, 0) is 43.2 Å². The van der Waals surface area contributed by atoms with Crippen molar-refractivity contribution in [3.63, 3.8) is 0 Å². The summed E-state index contributed by atoms with van der Waals surface area (Å²) < 4.78 is 2.02. The number of pyridine rings is 1. The van der Waals surface area contributed by atoms with Gasteiger partial charge in [0.1, 0.15) is 10.8 Å². The second kappa shape index (κ2) is 10.5. The highest BCUT2D eigenvalue weighted by molar-refractivity contribution is 6.32. The molecule has 1 amide bonds. The highest BCUT2D eigenvalue weighted by Crippen LogP contribution is 2.18. The SMILES string of the molecule is Cc1ccc(CCC(=O)Nc2c(Cl)n(CC#Cc3ccc4nc(O)ccc4c3)c(=O)n(C)c2=O)cc1. The van der Waals surface area contributed by atoms with Gasteiger partial charge in [-0.2, -0.15) is 0 Å². The number of nitrogens with one attached hydrogen (secondary N) is 1. The smallest absolute Gasteiger partial charge is 0.332 e. The summed E-state index contributed by atoms with van der Waals surface area (Å²) in [5, 5.41) is 12.7. The summed E-state index contributed by atoms with van der Waals surface area (Å²) in [4.78, 5) is 41.9. The molecule has 0 spiro atoms. The molecule has 0 saturated carbocycles. The van der Waals surface area contributed by atoms with E-state index in [1.807, 2.05) is 31.2 Å². The molecule has 0 saturated heterocycles. The summed E-state index contributed by atoms with van der Waals surface area (Å²) in [5.41, 5.74) is 1.93. The molecule has 0 aliphatic heterocycles. The fourth-order valence-corrected chi connectivity index (χ4v) is 3.87. The van der Waals surface area contributed by atoms with Gasteiger partial charge in [0.25, 0.3) is 5.56 Å². The number of hydrogen-bond donors (Lipinski definition) is 2. The summed E-state index contributed by atoms with van der Waals surface area (Å²) >= 11 is 6.38. The van der Waals surface area contributed by atoms with Gasteiger partial charge in [-0.25, -0.2) is 9.78 Å². The van der Waals surface area contributed by atoms with Crippen molar-refractivity contribution in [2.75, 3.05) is 5.32 Å². The molecule has 2 aromatic heterocycles. The van der Waals surface area contributed by atoms with Gasteiger partial charge in [0, 0.05) is 30.5 Å². The highest BCUT2D eigenvalue weighted by Gasteiger charge is 2.17. The number of aryl methyl sites for hydroxylation is 2. The molecule has 0 atom stereocenters. The van der Waals surface area contributed by atoms with E-state index in [1.54, 1.807) is 24.3 Å². The van der Waals surface area contributed by atoms with E-state index in [4.69, 9.17) is 11.6 Å². The van der Waals surface area contributed by atoms with Crippen LogP contribution in [0, 0.1) is 18.8 Å². The van der Waals surface area contributed by atoms with E-state index in [0.717, 1.165) is 25.6 Å². The van der Waals surface area contributed by atoms with Crippen LogP contribution in [0.4, 0.5) is 5.69 Å². The minimum Gasteiger partial charge on any atom is -0.493 e. The maximum absolute atomic E-state index is 12.7.